The largest absolute Gasteiger partial charge is 0.375 e. The van der Waals surface area contributed by atoms with Crippen LogP contribution < -0.4 is 4.90 Å². The lowest BCUT2D eigenvalue weighted by Crippen LogP contribution is -2.41. The lowest BCUT2D eigenvalue weighted by molar-refractivity contribution is 0.0530. The van der Waals surface area contributed by atoms with Gasteiger partial charge in [-0.1, -0.05) is 0 Å². The van der Waals surface area contributed by atoms with Crippen LogP contribution in [0.4, 0.5) is 5.82 Å². The van der Waals surface area contributed by atoms with E-state index < -0.39 is 0 Å². The summed E-state index contributed by atoms with van der Waals surface area (Å²) in [6, 6.07) is 0. The molecular weight excluding hydrogens is 258 g/mol. The molecule has 0 N–H and O–H groups in total. The highest BCUT2D eigenvalue weighted by Gasteiger charge is 2.21. The topological polar surface area (TPSA) is 38.2 Å². The van der Waals surface area contributed by atoms with Crippen molar-refractivity contribution in [1.82, 2.24) is 9.97 Å². The molecule has 90 valence electrons. The van der Waals surface area contributed by atoms with Crippen LogP contribution in [-0.2, 0) is 4.74 Å². The van der Waals surface area contributed by atoms with Gasteiger partial charge in [-0.2, -0.15) is 4.98 Å². The zero-order chi connectivity index (χ0) is 11.8. The molecular formula is C11H12ClN3OS. The summed E-state index contributed by atoms with van der Waals surface area (Å²) in [6.07, 6.45) is 0.228. The van der Waals surface area contributed by atoms with Crippen LogP contribution in [0.15, 0.2) is 10.8 Å². The zero-order valence-corrected chi connectivity index (χ0v) is 11.0. The van der Waals surface area contributed by atoms with Gasteiger partial charge >= 0.3 is 0 Å². The number of hydrogen-bond donors (Lipinski definition) is 0. The van der Waals surface area contributed by atoms with E-state index in [4.69, 9.17) is 16.3 Å². The number of halogens is 1. The molecule has 0 radical (unpaired) electrons. The molecule has 1 fully saturated rings. The van der Waals surface area contributed by atoms with Crippen LogP contribution in [0.2, 0.25) is 5.28 Å². The van der Waals surface area contributed by atoms with E-state index in [9.17, 15) is 0 Å². The van der Waals surface area contributed by atoms with Crippen LogP contribution in [-0.4, -0.2) is 35.8 Å². The molecule has 0 bridgehead atoms. The van der Waals surface area contributed by atoms with Crippen molar-refractivity contribution < 1.29 is 4.74 Å². The van der Waals surface area contributed by atoms with Crippen molar-refractivity contribution in [1.29, 1.82) is 0 Å². The number of morpholine rings is 1. The van der Waals surface area contributed by atoms with E-state index in [0.717, 1.165) is 36.4 Å². The Balaban J connectivity index is 2.06. The zero-order valence-electron chi connectivity index (χ0n) is 9.39. The molecule has 2 aromatic heterocycles. The van der Waals surface area contributed by atoms with Gasteiger partial charge in [0.15, 0.2) is 0 Å². The first kappa shape index (κ1) is 11.2. The Labute approximate surface area is 108 Å². The number of fused-ring (bicyclic) bond motifs is 1. The van der Waals surface area contributed by atoms with Crippen molar-refractivity contribution in [3.8, 4) is 0 Å². The Kier molecular flexibility index (Phi) is 2.90. The molecule has 1 unspecified atom stereocenters. The minimum atomic E-state index is 0.228. The van der Waals surface area contributed by atoms with Gasteiger partial charge in [0.25, 0.3) is 0 Å². The highest BCUT2D eigenvalue weighted by molar-refractivity contribution is 7.09. The fourth-order valence-electron chi connectivity index (χ4n) is 2.07. The Hall–Kier alpha value is -0.910. The number of anilines is 1. The molecule has 0 aromatic carbocycles. The minimum Gasteiger partial charge on any atom is -0.375 e. The molecule has 0 spiro atoms. The number of ether oxygens (including phenoxy) is 1. The predicted molar refractivity (Wildman–Crippen MR) is 70.1 cm³/mol. The van der Waals surface area contributed by atoms with Gasteiger partial charge in [-0.05, 0) is 18.5 Å². The summed E-state index contributed by atoms with van der Waals surface area (Å²) in [5.74, 6) is 0.927. The van der Waals surface area contributed by atoms with E-state index in [1.165, 1.54) is 0 Å². The number of hydrogen-bond acceptors (Lipinski definition) is 5. The first-order valence-corrected chi connectivity index (χ1v) is 6.82. The van der Waals surface area contributed by atoms with Gasteiger partial charge in [-0.3, -0.25) is 0 Å². The summed E-state index contributed by atoms with van der Waals surface area (Å²) in [4.78, 5) is 10.8. The minimum absolute atomic E-state index is 0.228. The van der Waals surface area contributed by atoms with Gasteiger partial charge in [-0.25, -0.2) is 4.98 Å². The maximum Gasteiger partial charge on any atom is 0.224 e. The molecule has 0 aliphatic carbocycles. The number of nitrogens with zero attached hydrogens (tertiary/aromatic N) is 3. The molecule has 3 heterocycles. The Morgan fingerprint density at radius 2 is 2.35 bits per heavy atom. The molecule has 6 heteroatoms. The number of thiophene rings is 1. The molecule has 0 saturated carbocycles. The molecule has 3 rings (SSSR count). The van der Waals surface area contributed by atoms with Crippen molar-refractivity contribution >= 4 is 39.7 Å². The Morgan fingerprint density at radius 1 is 1.47 bits per heavy atom. The molecule has 1 atom stereocenters. The standard InChI is InChI=1S/C11H12ClN3OS/c1-7-4-15(2-3-16-7)10-8-5-17-6-9(8)13-11(12)14-10/h5-7H,2-4H2,1H3. The third kappa shape index (κ3) is 2.10. The van der Waals surface area contributed by atoms with E-state index >= 15 is 0 Å². The summed E-state index contributed by atoms with van der Waals surface area (Å²) in [5, 5.41) is 5.45. The SMILES string of the molecule is CC1CN(c2nc(Cl)nc3cscc23)CCO1. The van der Waals surface area contributed by atoms with Crippen LogP contribution in [0.5, 0.6) is 0 Å². The first-order chi connectivity index (χ1) is 8.24. The maximum absolute atomic E-state index is 5.96. The van der Waals surface area contributed by atoms with Gasteiger partial charge in [0.2, 0.25) is 5.28 Å². The molecule has 17 heavy (non-hydrogen) atoms. The lowest BCUT2D eigenvalue weighted by atomic mass is 10.2. The number of aromatic nitrogens is 2. The van der Waals surface area contributed by atoms with Crippen LogP contribution >= 0.6 is 22.9 Å². The van der Waals surface area contributed by atoms with Crippen LogP contribution in [0, 0.1) is 0 Å². The van der Waals surface area contributed by atoms with E-state index in [1.54, 1.807) is 11.3 Å². The van der Waals surface area contributed by atoms with Crippen LogP contribution in [0.25, 0.3) is 10.9 Å². The average Bonchev–Trinajstić information content (AvgIpc) is 2.75. The predicted octanol–water partition coefficient (Wildman–Crippen LogP) is 2.57. The van der Waals surface area contributed by atoms with Gasteiger partial charge in [0, 0.05) is 23.8 Å². The van der Waals surface area contributed by atoms with E-state index in [-0.39, 0.29) is 6.10 Å². The molecule has 1 saturated heterocycles. The third-order valence-corrected chi connectivity index (χ3v) is 3.73. The second kappa shape index (κ2) is 4.40. The second-order valence-electron chi connectivity index (χ2n) is 4.11. The van der Waals surface area contributed by atoms with Crippen molar-refractivity contribution in [2.24, 2.45) is 0 Å². The monoisotopic (exact) mass is 269 g/mol. The second-order valence-corrected chi connectivity index (χ2v) is 5.20. The molecule has 1 aliphatic heterocycles. The van der Waals surface area contributed by atoms with Crippen molar-refractivity contribution in [2.75, 3.05) is 24.6 Å². The summed E-state index contributed by atoms with van der Waals surface area (Å²) >= 11 is 7.58. The van der Waals surface area contributed by atoms with Gasteiger partial charge < -0.3 is 9.64 Å². The summed E-state index contributed by atoms with van der Waals surface area (Å²) < 4.78 is 5.54. The van der Waals surface area contributed by atoms with Crippen molar-refractivity contribution in [3.63, 3.8) is 0 Å². The van der Waals surface area contributed by atoms with E-state index in [1.807, 2.05) is 5.38 Å². The van der Waals surface area contributed by atoms with Crippen molar-refractivity contribution in [3.05, 3.63) is 16.0 Å². The molecule has 0 amide bonds. The lowest BCUT2D eigenvalue weighted by Gasteiger charge is -2.32. The quantitative estimate of drug-likeness (QED) is 0.746. The number of rotatable bonds is 1. The highest BCUT2D eigenvalue weighted by Crippen LogP contribution is 2.29. The first-order valence-electron chi connectivity index (χ1n) is 5.50. The van der Waals surface area contributed by atoms with E-state index in [0.29, 0.717) is 5.28 Å². The molecule has 2 aromatic rings. The fourth-order valence-corrected chi connectivity index (χ4v) is 2.98. The normalized spacial score (nSPS) is 21.1. The summed E-state index contributed by atoms with van der Waals surface area (Å²) in [6.45, 7) is 4.50. The summed E-state index contributed by atoms with van der Waals surface area (Å²) in [5.41, 5.74) is 0.921. The van der Waals surface area contributed by atoms with E-state index in [2.05, 4.69) is 27.2 Å². The third-order valence-electron chi connectivity index (χ3n) is 2.83. The van der Waals surface area contributed by atoms with Gasteiger partial charge in [-0.15, -0.1) is 11.3 Å². The Bertz CT molecular complexity index is 544. The van der Waals surface area contributed by atoms with Crippen LogP contribution in [0.1, 0.15) is 6.92 Å². The smallest absolute Gasteiger partial charge is 0.224 e. The summed E-state index contributed by atoms with van der Waals surface area (Å²) in [7, 11) is 0. The maximum atomic E-state index is 5.96. The molecule has 1 aliphatic rings. The fraction of sp³-hybridized carbons (Fsp3) is 0.455. The molecule has 4 nitrogen and oxygen atoms in total. The highest BCUT2D eigenvalue weighted by atomic mass is 35.5. The average molecular weight is 270 g/mol. The van der Waals surface area contributed by atoms with Gasteiger partial charge in [0.1, 0.15) is 5.82 Å². The van der Waals surface area contributed by atoms with Gasteiger partial charge in [0.05, 0.1) is 23.6 Å². The Morgan fingerprint density at radius 3 is 3.18 bits per heavy atom. The van der Waals surface area contributed by atoms with Crippen molar-refractivity contribution in [2.45, 2.75) is 13.0 Å². The van der Waals surface area contributed by atoms with Crippen LogP contribution in [0.3, 0.4) is 0 Å².